The Labute approximate surface area is 111 Å². The molecule has 0 aromatic heterocycles. The van der Waals surface area contributed by atoms with Crippen molar-refractivity contribution in [2.24, 2.45) is 11.8 Å². The highest BCUT2D eigenvalue weighted by Crippen LogP contribution is 2.38. The Kier molecular flexibility index (Phi) is 4.83. The van der Waals surface area contributed by atoms with Crippen molar-refractivity contribution in [1.82, 2.24) is 0 Å². The molecule has 0 aliphatic carbocycles. The molecule has 0 aromatic carbocycles. The first-order chi connectivity index (χ1) is 8.32. The van der Waals surface area contributed by atoms with E-state index in [1.807, 2.05) is 13.8 Å². The van der Waals surface area contributed by atoms with E-state index in [9.17, 15) is 4.79 Å². The molecule has 1 rings (SSSR count). The largest absolute Gasteiger partial charge is 0.486 e. The number of ketones is 1. The van der Waals surface area contributed by atoms with E-state index in [2.05, 4.69) is 27.7 Å². The van der Waals surface area contributed by atoms with Gasteiger partial charge >= 0.3 is 0 Å². The van der Waals surface area contributed by atoms with Crippen LogP contribution in [0.1, 0.15) is 54.4 Å². The molecule has 1 aliphatic heterocycles. The highest BCUT2D eigenvalue weighted by Gasteiger charge is 2.48. The molecule has 0 spiro atoms. The molecule has 0 fully saturated rings. The van der Waals surface area contributed by atoms with E-state index in [1.165, 1.54) is 0 Å². The number of carbonyl (C=O) groups is 1. The summed E-state index contributed by atoms with van der Waals surface area (Å²) < 4.78 is 11.5. The van der Waals surface area contributed by atoms with Crippen LogP contribution in [0.15, 0.2) is 11.5 Å². The van der Waals surface area contributed by atoms with Gasteiger partial charge in [-0.05, 0) is 31.6 Å². The maximum absolute atomic E-state index is 12.5. The fraction of sp³-hybridized carbons (Fsp3) is 0.800. The molecule has 18 heavy (non-hydrogen) atoms. The molecule has 1 aliphatic rings. The number of rotatable bonds is 6. The zero-order chi connectivity index (χ0) is 13.9. The molecule has 1 atom stereocenters. The maximum atomic E-state index is 12.5. The minimum absolute atomic E-state index is 0.0249. The zero-order valence-corrected chi connectivity index (χ0v) is 12.5. The third-order valence-corrected chi connectivity index (χ3v) is 3.16. The summed E-state index contributed by atoms with van der Waals surface area (Å²) in [5, 5.41) is 0. The van der Waals surface area contributed by atoms with Crippen molar-refractivity contribution in [2.75, 3.05) is 6.61 Å². The number of hydrogen-bond donors (Lipinski definition) is 0. The first kappa shape index (κ1) is 15.1. The summed E-state index contributed by atoms with van der Waals surface area (Å²) in [5.74, 6) is 1.93. The van der Waals surface area contributed by atoms with Crippen LogP contribution >= 0.6 is 0 Å². The van der Waals surface area contributed by atoms with Crippen molar-refractivity contribution in [1.29, 1.82) is 0 Å². The summed E-state index contributed by atoms with van der Waals surface area (Å²) in [5.41, 5.74) is -0.690. The molecule has 0 saturated heterocycles. The molecule has 0 radical (unpaired) electrons. The van der Waals surface area contributed by atoms with Crippen LogP contribution < -0.4 is 0 Å². The van der Waals surface area contributed by atoms with Crippen molar-refractivity contribution >= 4 is 5.78 Å². The second kappa shape index (κ2) is 5.77. The summed E-state index contributed by atoms with van der Waals surface area (Å²) >= 11 is 0. The summed E-state index contributed by atoms with van der Waals surface area (Å²) in [7, 11) is 0. The highest BCUT2D eigenvalue weighted by molar-refractivity contribution is 6.02. The van der Waals surface area contributed by atoms with Crippen LogP contribution in [0.4, 0.5) is 0 Å². The standard InChI is InChI=1S/C15H26O3/c1-7-15(8-10(2)3)14(16)13(12(6)18-15)17-9-11(4)5/h10-11H,7-9H2,1-6H3. The van der Waals surface area contributed by atoms with Gasteiger partial charge in [0.1, 0.15) is 5.76 Å². The van der Waals surface area contributed by atoms with E-state index >= 15 is 0 Å². The lowest BCUT2D eigenvalue weighted by molar-refractivity contribution is -0.134. The van der Waals surface area contributed by atoms with Crippen LogP contribution in [0.3, 0.4) is 0 Å². The smallest absolute Gasteiger partial charge is 0.244 e. The van der Waals surface area contributed by atoms with Crippen molar-refractivity contribution in [3.05, 3.63) is 11.5 Å². The van der Waals surface area contributed by atoms with Crippen LogP contribution in [0.2, 0.25) is 0 Å². The molecular formula is C15H26O3. The van der Waals surface area contributed by atoms with Crippen molar-refractivity contribution in [3.63, 3.8) is 0 Å². The molecule has 0 N–H and O–H groups in total. The fourth-order valence-corrected chi connectivity index (χ4v) is 2.34. The van der Waals surface area contributed by atoms with Crippen molar-refractivity contribution in [2.45, 2.75) is 60.0 Å². The topological polar surface area (TPSA) is 35.5 Å². The third-order valence-electron chi connectivity index (χ3n) is 3.16. The first-order valence-electron chi connectivity index (χ1n) is 6.90. The minimum Gasteiger partial charge on any atom is -0.486 e. The van der Waals surface area contributed by atoms with Crippen LogP contribution in [0.25, 0.3) is 0 Å². The Hall–Kier alpha value is -0.990. The lowest BCUT2D eigenvalue weighted by atomic mass is 9.86. The molecule has 0 aromatic rings. The van der Waals surface area contributed by atoms with Crippen molar-refractivity contribution < 1.29 is 14.3 Å². The van der Waals surface area contributed by atoms with Crippen LogP contribution in [0.5, 0.6) is 0 Å². The summed E-state index contributed by atoms with van der Waals surface area (Å²) in [6, 6.07) is 0. The lowest BCUT2D eigenvalue weighted by Crippen LogP contribution is -2.38. The molecule has 0 saturated carbocycles. The van der Waals surface area contributed by atoms with Crippen LogP contribution in [0, 0.1) is 11.8 Å². The van der Waals surface area contributed by atoms with Gasteiger partial charge in [-0.25, -0.2) is 0 Å². The van der Waals surface area contributed by atoms with Crippen LogP contribution in [-0.4, -0.2) is 18.0 Å². The molecule has 3 heteroatoms. The minimum atomic E-state index is -0.690. The Bertz CT molecular complexity index is 342. The average molecular weight is 254 g/mol. The predicted octanol–water partition coefficient (Wildman–Crippen LogP) is 3.68. The van der Waals surface area contributed by atoms with Crippen molar-refractivity contribution in [3.8, 4) is 0 Å². The Balaban J connectivity index is 2.83. The van der Waals surface area contributed by atoms with Gasteiger partial charge < -0.3 is 9.47 Å². The van der Waals surface area contributed by atoms with E-state index in [-0.39, 0.29) is 5.78 Å². The molecule has 0 amide bonds. The number of hydrogen-bond acceptors (Lipinski definition) is 3. The van der Waals surface area contributed by atoms with Gasteiger partial charge in [0.15, 0.2) is 5.60 Å². The Morgan fingerprint density at radius 2 is 1.83 bits per heavy atom. The monoisotopic (exact) mass is 254 g/mol. The average Bonchev–Trinajstić information content (AvgIpc) is 2.48. The SMILES string of the molecule is CCC1(CC(C)C)OC(C)=C(OCC(C)C)C1=O. The van der Waals surface area contributed by atoms with Gasteiger partial charge in [0.2, 0.25) is 11.5 Å². The van der Waals surface area contributed by atoms with Gasteiger partial charge in [-0.3, -0.25) is 4.79 Å². The molecule has 104 valence electrons. The lowest BCUT2D eigenvalue weighted by Gasteiger charge is -2.28. The zero-order valence-electron chi connectivity index (χ0n) is 12.5. The van der Waals surface area contributed by atoms with E-state index < -0.39 is 5.60 Å². The second-order valence-electron chi connectivity index (χ2n) is 5.97. The second-order valence-corrected chi connectivity index (χ2v) is 5.97. The molecule has 0 bridgehead atoms. The summed E-state index contributed by atoms with van der Waals surface area (Å²) in [6.07, 6.45) is 1.43. The predicted molar refractivity (Wildman–Crippen MR) is 72.1 cm³/mol. The van der Waals surface area contributed by atoms with E-state index in [4.69, 9.17) is 9.47 Å². The van der Waals surface area contributed by atoms with Crippen LogP contribution in [-0.2, 0) is 14.3 Å². The van der Waals surface area contributed by atoms with Gasteiger partial charge in [-0.1, -0.05) is 34.6 Å². The molecule has 1 unspecified atom stereocenters. The third kappa shape index (κ3) is 3.06. The molecule has 3 nitrogen and oxygen atoms in total. The van der Waals surface area contributed by atoms with Gasteiger partial charge in [0, 0.05) is 0 Å². The number of ether oxygens (including phenoxy) is 2. The maximum Gasteiger partial charge on any atom is 0.244 e. The summed E-state index contributed by atoms with van der Waals surface area (Å²) in [4.78, 5) is 12.5. The number of allylic oxidation sites excluding steroid dienone is 1. The highest BCUT2D eigenvalue weighted by atomic mass is 16.6. The number of carbonyl (C=O) groups excluding carboxylic acids is 1. The fourth-order valence-electron chi connectivity index (χ4n) is 2.34. The summed E-state index contributed by atoms with van der Waals surface area (Å²) in [6.45, 7) is 12.7. The van der Waals surface area contributed by atoms with Gasteiger partial charge in [-0.15, -0.1) is 0 Å². The quantitative estimate of drug-likeness (QED) is 0.725. The normalized spacial score (nSPS) is 24.1. The number of Topliss-reactive ketones (excluding diaryl/α,β-unsaturated/α-hetero) is 1. The molecular weight excluding hydrogens is 228 g/mol. The van der Waals surface area contributed by atoms with E-state index in [0.29, 0.717) is 36.4 Å². The van der Waals surface area contributed by atoms with Gasteiger partial charge in [0.05, 0.1) is 6.61 Å². The molecule has 1 heterocycles. The Morgan fingerprint density at radius 1 is 1.22 bits per heavy atom. The van der Waals surface area contributed by atoms with Gasteiger partial charge in [0.25, 0.3) is 0 Å². The van der Waals surface area contributed by atoms with E-state index in [1.54, 1.807) is 0 Å². The van der Waals surface area contributed by atoms with Gasteiger partial charge in [-0.2, -0.15) is 0 Å². The first-order valence-corrected chi connectivity index (χ1v) is 6.90. The Morgan fingerprint density at radius 3 is 2.28 bits per heavy atom. The van der Waals surface area contributed by atoms with E-state index in [0.717, 1.165) is 6.42 Å².